The van der Waals surface area contributed by atoms with Crippen molar-refractivity contribution in [1.29, 1.82) is 0 Å². The van der Waals surface area contributed by atoms with Crippen molar-refractivity contribution in [1.82, 2.24) is 0 Å². The van der Waals surface area contributed by atoms with Crippen LogP contribution in [0.2, 0.25) is 0 Å². The average Bonchev–Trinajstić information content (AvgIpc) is 2.34. The molecule has 0 aliphatic carbocycles. The van der Waals surface area contributed by atoms with Gasteiger partial charge in [0.05, 0.1) is 12.7 Å². The highest BCUT2D eigenvalue weighted by Gasteiger charge is 2.05. The molecule has 1 atom stereocenters. The number of unbranched alkanes of at least 4 members (excludes halogenated alkanes) is 6. The first-order valence-electron chi connectivity index (χ1n) is 7.18. The van der Waals surface area contributed by atoms with Gasteiger partial charge in [0.1, 0.15) is 0 Å². The van der Waals surface area contributed by atoms with Gasteiger partial charge in [-0.15, -0.1) is 13.2 Å². The molecule has 0 saturated heterocycles. The van der Waals surface area contributed by atoms with Gasteiger partial charge in [0.15, 0.2) is 0 Å². The minimum Gasteiger partial charge on any atom is -0.374 e. The zero-order valence-corrected chi connectivity index (χ0v) is 11.6. The van der Waals surface area contributed by atoms with Crippen LogP contribution in [0.1, 0.15) is 64.7 Å². The third-order valence-electron chi connectivity index (χ3n) is 3.01. The Kier molecular flexibility index (Phi) is 13.1. The van der Waals surface area contributed by atoms with Crippen LogP contribution in [0.3, 0.4) is 0 Å². The van der Waals surface area contributed by atoms with Gasteiger partial charge < -0.3 is 4.74 Å². The first kappa shape index (κ1) is 16.4. The summed E-state index contributed by atoms with van der Waals surface area (Å²) in [5.74, 6) is 0. The van der Waals surface area contributed by atoms with Gasteiger partial charge in [0.25, 0.3) is 0 Å². The third kappa shape index (κ3) is 11.7. The quantitative estimate of drug-likeness (QED) is 0.313. The van der Waals surface area contributed by atoms with Crippen LogP contribution in [0.25, 0.3) is 0 Å². The summed E-state index contributed by atoms with van der Waals surface area (Å²) in [6.45, 7) is 10.4. The van der Waals surface area contributed by atoms with Gasteiger partial charge in [0, 0.05) is 0 Å². The Bertz CT molecular complexity index is 174. The maximum atomic E-state index is 5.69. The van der Waals surface area contributed by atoms with E-state index in [1.165, 1.54) is 44.9 Å². The smallest absolute Gasteiger partial charge is 0.0648 e. The number of hydrogen-bond donors (Lipinski definition) is 0. The van der Waals surface area contributed by atoms with Crippen LogP contribution >= 0.6 is 0 Å². The second-order valence-corrected chi connectivity index (χ2v) is 4.68. The molecule has 0 aliphatic heterocycles. The van der Waals surface area contributed by atoms with Crippen molar-refractivity contribution in [2.24, 2.45) is 0 Å². The molecule has 1 nitrogen and oxygen atoms in total. The maximum absolute atomic E-state index is 5.69. The normalized spacial score (nSPS) is 12.3. The van der Waals surface area contributed by atoms with Gasteiger partial charge in [-0.3, -0.25) is 0 Å². The minimum absolute atomic E-state index is 0.348. The molecule has 17 heavy (non-hydrogen) atoms. The topological polar surface area (TPSA) is 9.23 Å². The van der Waals surface area contributed by atoms with E-state index in [2.05, 4.69) is 20.1 Å². The molecule has 0 aromatic heterocycles. The van der Waals surface area contributed by atoms with E-state index < -0.39 is 0 Å². The van der Waals surface area contributed by atoms with Crippen molar-refractivity contribution < 1.29 is 4.74 Å². The molecule has 0 amide bonds. The Morgan fingerprint density at radius 1 is 0.941 bits per heavy atom. The molecule has 0 bridgehead atoms. The van der Waals surface area contributed by atoms with Crippen molar-refractivity contribution >= 4 is 0 Å². The lowest BCUT2D eigenvalue weighted by molar-refractivity contribution is 0.0681. The van der Waals surface area contributed by atoms with E-state index >= 15 is 0 Å². The highest BCUT2D eigenvalue weighted by molar-refractivity contribution is 4.75. The molecule has 0 saturated carbocycles. The minimum atomic E-state index is 0.348. The summed E-state index contributed by atoms with van der Waals surface area (Å²) < 4.78 is 5.69. The van der Waals surface area contributed by atoms with Crippen molar-refractivity contribution in [3.05, 3.63) is 25.3 Å². The number of hydrogen-bond acceptors (Lipinski definition) is 1. The van der Waals surface area contributed by atoms with Gasteiger partial charge in [-0.25, -0.2) is 0 Å². The van der Waals surface area contributed by atoms with E-state index in [-0.39, 0.29) is 0 Å². The molecule has 0 rings (SSSR count). The molecule has 0 aromatic carbocycles. The van der Waals surface area contributed by atoms with E-state index in [0.29, 0.717) is 12.7 Å². The monoisotopic (exact) mass is 238 g/mol. The third-order valence-corrected chi connectivity index (χ3v) is 3.01. The Morgan fingerprint density at radius 3 is 2.18 bits per heavy atom. The summed E-state index contributed by atoms with van der Waals surface area (Å²) in [5.41, 5.74) is 0. The van der Waals surface area contributed by atoms with Crippen molar-refractivity contribution in [3.8, 4) is 0 Å². The van der Waals surface area contributed by atoms with E-state index in [9.17, 15) is 0 Å². The summed E-state index contributed by atoms with van der Waals surface area (Å²) >= 11 is 0. The predicted octanol–water partition coefficient (Wildman–Crippen LogP) is 5.27. The molecular formula is C16H30O. The Balaban J connectivity index is 3.39. The summed E-state index contributed by atoms with van der Waals surface area (Å²) in [6.07, 6.45) is 15.8. The summed E-state index contributed by atoms with van der Waals surface area (Å²) in [5, 5.41) is 0. The highest BCUT2D eigenvalue weighted by Crippen LogP contribution is 2.13. The second kappa shape index (κ2) is 13.5. The average molecular weight is 238 g/mol. The largest absolute Gasteiger partial charge is 0.374 e. The molecule has 0 radical (unpaired) electrons. The molecule has 1 unspecified atom stereocenters. The van der Waals surface area contributed by atoms with Crippen LogP contribution in [0.5, 0.6) is 0 Å². The zero-order valence-electron chi connectivity index (χ0n) is 11.6. The lowest BCUT2D eigenvalue weighted by Crippen LogP contribution is -2.11. The summed E-state index contributed by atoms with van der Waals surface area (Å²) in [6, 6.07) is 0. The summed E-state index contributed by atoms with van der Waals surface area (Å²) in [7, 11) is 0. The highest BCUT2D eigenvalue weighted by atomic mass is 16.5. The van der Waals surface area contributed by atoms with Crippen LogP contribution in [0.15, 0.2) is 25.3 Å². The fourth-order valence-electron chi connectivity index (χ4n) is 1.99. The molecular weight excluding hydrogens is 208 g/mol. The zero-order chi connectivity index (χ0) is 12.8. The van der Waals surface area contributed by atoms with Gasteiger partial charge in [-0.2, -0.15) is 0 Å². The van der Waals surface area contributed by atoms with Crippen molar-refractivity contribution in [2.75, 3.05) is 6.61 Å². The van der Waals surface area contributed by atoms with Gasteiger partial charge >= 0.3 is 0 Å². The second-order valence-electron chi connectivity index (χ2n) is 4.68. The molecule has 0 N–H and O–H groups in total. The van der Waals surface area contributed by atoms with Crippen LogP contribution < -0.4 is 0 Å². The lowest BCUT2D eigenvalue weighted by atomic mass is 10.0. The van der Waals surface area contributed by atoms with Crippen LogP contribution in [-0.2, 0) is 4.74 Å². The predicted molar refractivity (Wildman–Crippen MR) is 77.4 cm³/mol. The molecule has 1 heteroatoms. The van der Waals surface area contributed by atoms with Crippen molar-refractivity contribution in [2.45, 2.75) is 70.8 Å². The van der Waals surface area contributed by atoms with Crippen LogP contribution in [-0.4, -0.2) is 12.7 Å². The molecule has 0 fully saturated rings. The van der Waals surface area contributed by atoms with E-state index in [4.69, 9.17) is 4.74 Å². The fraction of sp³-hybridized carbons (Fsp3) is 0.750. The molecule has 100 valence electrons. The van der Waals surface area contributed by atoms with Gasteiger partial charge in [0.2, 0.25) is 0 Å². The fourth-order valence-corrected chi connectivity index (χ4v) is 1.99. The van der Waals surface area contributed by atoms with Gasteiger partial charge in [-0.05, 0) is 12.8 Å². The number of ether oxygens (including phenoxy) is 1. The van der Waals surface area contributed by atoms with E-state index in [1.54, 1.807) is 0 Å². The first-order valence-corrected chi connectivity index (χ1v) is 7.18. The first-order chi connectivity index (χ1) is 8.35. The molecule has 0 spiro atoms. The Morgan fingerprint density at radius 2 is 1.59 bits per heavy atom. The lowest BCUT2D eigenvalue weighted by Gasteiger charge is -2.14. The van der Waals surface area contributed by atoms with Crippen LogP contribution in [0.4, 0.5) is 0 Å². The summed E-state index contributed by atoms with van der Waals surface area (Å²) in [4.78, 5) is 0. The van der Waals surface area contributed by atoms with E-state index in [1.807, 2.05) is 12.2 Å². The molecule has 0 heterocycles. The SMILES string of the molecule is C=CCOC(CC=C)CCCCCCCCC. The molecule has 0 aliphatic rings. The van der Waals surface area contributed by atoms with Crippen molar-refractivity contribution in [3.63, 3.8) is 0 Å². The maximum Gasteiger partial charge on any atom is 0.0648 e. The number of rotatable bonds is 13. The van der Waals surface area contributed by atoms with Gasteiger partial charge in [-0.1, -0.05) is 64.0 Å². The van der Waals surface area contributed by atoms with E-state index in [0.717, 1.165) is 12.8 Å². The Labute approximate surface area is 108 Å². The van der Waals surface area contributed by atoms with Crippen LogP contribution in [0, 0.1) is 0 Å². The standard InChI is InChI=1S/C16H30O/c1-4-7-8-9-10-11-12-14-16(13-5-2)17-15-6-3/h5-6,16H,2-4,7-15H2,1H3. The Hall–Kier alpha value is -0.560. The molecule has 0 aromatic rings.